The average molecular weight is 431 g/mol. The summed E-state index contributed by atoms with van der Waals surface area (Å²) in [5.74, 6) is -0.542. The van der Waals surface area contributed by atoms with Crippen molar-refractivity contribution in [2.45, 2.75) is 38.7 Å². The second kappa shape index (κ2) is 8.13. The number of alkyl halides is 4. The number of halogens is 4. The van der Waals surface area contributed by atoms with E-state index < -0.39 is 44.9 Å². The number of nitrogens with one attached hydrogen (secondary N) is 1. The number of nitrogens with zero attached hydrogens (tertiary/aromatic N) is 2. The minimum absolute atomic E-state index is 0.0234. The van der Waals surface area contributed by atoms with Crippen LogP contribution in [0.5, 0.6) is 5.75 Å². The molecule has 0 spiro atoms. The van der Waals surface area contributed by atoms with Crippen LogP contribution in [0, 0.1) is 20.2 Å². The summed E-state index contributed by atoms with van der Waals surface area (Å²) >= 11 is 0. The first-order chi connectivity index (χ1) is 13.7. The highest BCUT2D eigenvalue weighted by atomic mass is 19.3. The van der Waals surface area contributed by atoms with E-state index in [1.165, 1.54) is 18.2 Å². The Morgan fingerprint density at radius 3 is 2.00 bits per heavy atom. The summed E-state index contributed by atoms with van der Waals surface area (Å²) < 4.78 is 54.4. The van der Waals surface area contributed by atoms with Crippen LogP contribution < -0.4 is 10.1 Å². The molecule has 0 saturated carbocycles. The average Bonchev–Trinajstić information content (AvgIpc) is 2.61. The fourth-order valence-electron chi connectivity index (χ4n) is 2.54. The van der Waals surface area contributed by atoms with Gasteiger partial charge in [-0.2, -0.15) is 17.6 Å². The van der Waals surface area contributed by atoms with Crippen molar-refractivity contribution >= 4 is 22.7 Å². The third kappa shape index (κ3) is 5.13. The lowest BCUT2D eigenvalue weighted by molar-refractivity contribution is -0.393. The third-order valence-electron chi connectivity index (χ3n) is 3.95. The van der Waals surface area contributed by atoms with E-state index in [4.69, 9.17) is 0 Å². The molecule has 0 aliphatic carbocycles. The lowest BCUT2D eigenvalue weighted by atomic mass is 9.84. The first-order valence-electron chi connectivity index (χ1n) is 8.41. The van der Waals surface area contributed by atoms with Crippen LogP contribution in [0.3, 0.4) is 0 Å². The number of hydrogen-bond acceptors (Lipinski definition) is 6. The molecular formula is C18H17F4N3O5. The van der Waals surface area contributed by atoms with E-state index in [0.717, 1.165) is 18.2 Å². The van der Waals surface area contributed by atoms with E-state index >= 15 is 0 Å². The Hall–Kier alpha value is -3.44. The van der Waals surface area contributed by atoms with Crippen LogP contribution in [0.25, 0.3) is 0 Å². The number of non-ortho nitro benzene ring substituents is 1. The molecule has 0 aliphatic rings. The predicted molar refractivity (Wildman–Crippen MR) is 99.8 cm³/mol. The fourth-order valence-corrected chi connectivity index (χ4v) is 2.54. The Morgan fingerprint density at radius 2 is 1.57 bits per heavy atom. The summed E-state index contributed by atoms with van der Waals surface area (Å²) in [6.45, 7) is 5.10. The van der Waals surface area contributed by atoms with E-state index in [-0.39, 0.29) is 16.9 Å². The maximum atomic E-state index is 13.0. The van der Waals surface area contributed by atoms with Gasteiger partial charge in [0.15, 0.2) is 0 Å². The molecule has 0 amide bonds. The topological polar surface area (TPSA) is 108 Å². The van der Waals surface area contributed by atoms with Crippen LogP contribution in [0.4, 0.5) is 40.3 Å². The molecule has 162 valence electrons. The molecule has 0 bridgehead atoms. The molecule has 30 heavy (non-hydrogen) atoms. The van der Waals surface area contributed by atoms with Crippen LogP contribution in [0.15, 0.2) is 36.4 Å². The van der Waals surface area contributed by atoms with Gasteiger partial charge in [0.2, 0.25) is 0 Å². The highest BCUT2D eigenvalue weighted by molar-refractivity contribution is 5.77. The molecule has 0 aliphatic heterocycles. The predicted octanol–water partition coefficient (Wildman–Crippen LogP) is 5.78. The van der Waals surface area contributed by atoms with Crippen molar-refractivity contribution in [2.75, 3.05) is 5.32 Å². The maximum Gasteiger partial charge on any atom is 0.461 e. The van der Waals surface area contributed by atoms with Crippen molar-refractivity contribution in [3.8, 4) is 5.75 Å². The van der Waals surface area contributed by atoms with Gasteiger partial charge in [-0.1, -0.05) is 20.8 Å². The number of ether oxygens (including phenoxy) is 1. The van der Waals surface area contributed by atoms with Gasteiger partial charge in [0.05, 0.1) is 15.9 Å². The highest BCUT2D eigenvalue weighted by Crippen LogP contribution is 2.41. The van der Waals surface area contributed by atoms with Gasteiger partial charge in [-0.05, 0) is 35.2 Å². The Labute approximate surface area is 167 Å². The van der Waals surface area contributed by atoms with Gasteiger partial charge >= 0.3 is 12.5 Å². The number of nitro groups is 2. The summed E-state index contributed by atoms with van der Waals surface area (Å²) in [5, 5.41) is 25.4. The zero-order valence-electron chi connectivity index (χ0n) is 16.0. The van der Waals surface area contributed by atoms with E-state index in [1.807, 2.05) is 0 Å². The van der Waals surface area contributed by atoms with Crippen molar-refractivity contribution in [2.24, 2.45) is 0 Å². The molecule has 0 heterocycles. The van der Waals surface area contributed by atoms with Crippen LogP contribution in [0.2, 0.25) is 0 Å². The first-order valence-corrected chi connectivity index (χ1v) is 8.41. The van der Waals surface area contributed by atoms with Crippen molar-refractivity contribution < 1.29 is 32.1 Å². The summed E-state index contributed by atoms with van der Waals surface area (Å²) in [6, 6.07) is 6.34. The van der Waals surface area contributed by atoms with Gasteiger partial charge in [-0.25, -0.2) is 0 Å². The normalized spacial score (nSPS) is 12.0. The molecule has 2 rings (SSSR count). The number of anilines is 2. The third-order valence-corrected chi connectivity index (χ3v) is 3.95. The monoisotopic (exact) mass is 431 g/mol. The van der Waals surface area contributed by atoms with Crippen LogP contribution in [-0.4, -0.2) is 22.4 Å². The summed E-state index contributed by atoms with van der Waals surface area (Å²) in [7, 11) is 0. The van der Waals surface area contributed by atoms with Crippen LogP contribution in [-0.2, 0) is 5.41 Å². The SMILES string of the molecule is CC(C)(C)c1cc([N+](=O)[O-])cc([N+](=O)[O-])c1Nc1ccc(OC(F)(F)C(F)F)cc1. The van der Waals surface area contributed by atoms with Crippen molar-refractivity contribution in [1.29, 1.82) is 0 Å². The largest absolute Gasteiger partial charge is 0.461 e. The molecule has 1 N–H and O–H groups in total. The van der Waals surface area contributed by atoms with Gasteiger partial charge in [0.25, 0.3) is 11.4 Å². The molecule has 8 nitrogen and oxygen atoms in total. The molecule has 0 saturated heterocycles. The molecule has 2 aromatic carbocycles. The minimum atomic E-state index is -4.68. The molecule has 0 aromatic heterocycles. The molecule has 0 fully saturated rings. The quantitative estimate of drug-likeness (QED) is 0.338. The van der Waals surface area contributed by atoms with E-state index in [1.54, 1.807) is 20.8 Å². The minimum Gasteiger partial charge on any atom is -0.428 e. The summed E-state index contributed by atoms with van der Waals surface area (Å²) in [6.07, 6.45) is -8.70. The smallest absolute Gasteiger partial charge is 0.428 e. The maximum absolute atomic E-state index is 13.0. The Balaban J connectivity index is 2.47. The van der Waals surface area contributed by atoms with Gasteiger partial charge in [0.1, 0.15) is 11.4 Å². The van der Waals surface area contributed by atoms with E-state index in [2.05, 4.69) is 10.1 Å². The molecule has 0 radical (unpaired) electrons. The number of rotatable bonds is 7. The Morgan fingerprint density at radius 1 is 1.00 bits per heavy atom. The van der Waals surface area contributed by atoms with Gasteiger partial charge in [0, 0.05) is 11.8 Å². The molecule has 0 atom stereocenters. The number of nitro benzene ring substituents is 2. The molecule has 0 unspecified atom stereocenters. The van der Waals surface area contributed by atoms with E-state index in [0.29, 0.717) is 0 Å². The summed E-state index contributed by atoms with van der Waals surface area (Å²) in [4.78, 5) is 21.1. The first kappa shape index (κ1) is 22.8. The zero-order chi connectivity index (χ0) is 22.9. The Bertz CT molecular complexity index is 960. The lowest BCUT2D eigenvalue weighted by Gasteiger charge is -2.23. The zero-order valence-corrected chi connectivity index (χ0v) is 16.0. The van der Waals surface area contributed by atoms with Crippen molar-refractivity contribution in [3.63, 3.8) is 0 Å². The highest BCUT2D eigenvalue weighted by Gasteiger charge is 2.44. The van der Waals surface area contributed by atoms with Gasteiger partial charge < -0.3 is 10.1 Å². The van der Waals surface area contributed by atoms with E-state index in [9.17, 15) is 37.8 Å². The van der Waals surface area contributed by atoms with Gasteiger partial charge in [-0.15, -0.1) is 0 Å². The second-order valence-corrected chi connectivity index (χ2v) is 7.27. The van der Waals surface area contributed by atoms with Crippen molar-refractivity contribution in [3.05, 3.63) is 62.2 Å². The number of benzene rings is 2. The summed E-state index contributed by atoms with van der Waals surface area (Å²) in [5.41, 5.74) is -1.32. The second-order valence-electron chi connectivity index (χ2n) is 7.27. The van der Waals surface area contributed by atoms with Crippen LogP contribution >= 0.6 is 0 Å². The Kier molecular flexibility index (Phi) is 6.19. The number of hydrogen-bond donors (Lipinski definition) is 1. The van der Waals surface area contributed by atoms with Crippen molar-refractivity contribution in [1.82, 2.24) is 0 Å². The van der Waals surface area contributed by atoms with Crippen LogP contribution in [0.1, 0.15) is 26.3 Å². The molecule has 12 heteroatoms. The fraction of sp³-hybridized carbons (Fsp3) is 0.333. The standard InChI is InChI=1S/C18H17F4N3O5/c1-17(2,3)13-8-11(24(26)27)9-14(25(28)29)15(13)23-10-4-6-12(7-5-10)30-18(21,22)16(19)20/h4-9,16,23H,1-3H3. The lowest BCUT2D eigenvalue weighted by Crippen LogP contribution is -2.33. The molecule has 2 aromatic rings. The molecular weight excluding hydrogens is 414 g/mol. The van der Waals surface area contributed by atoms with Gasteiger partial charge in [-0.3, -0.25) is 20.2 Å².